The normalized spacial score (nSPS) is 14.1. The average molecular weight is 1290 g/mol. The van der Waals surface area contributed by atoms with E-state index in [1.54, 1.807) is 24.3 Å². The fourth-order valence-corrected chi connectivity index (χ4v) is 8.98. The van der Waals surface area contributed by atoms with E-state index < -0.39 is 62.5 Å². The van der Waals surface area contributed by atoms with E-state index in [-0.39, 0.29) is 89.5 Å². The number of carbonyl (C=O) groups excluding carboxylic acids is 4. The number of piperidine rings is 1. The Morgan fingerprint density at radius 2 is 1.19 bits per heavy atom. The number of amides is 3. The summed E-state index contributed by atoms with van der Waals surface area (Å²) in [5.41, 5.74) is 9.33. The van der Waals surface area contributed by atoms with Crippen LogP contribution in [0.25, 0.3) is 6.08 Å². The molecule has 0 saturated carbocycles. The maximum Gasteiger partial charge on any atom is 0.407 e. The molecule has 0 aromatic heterocycles. The standard InChI is InChI=1S/C58H80F4N6O20S/c1-2-14-68(57(71)44-38-42-10-11-43(39-47(42)66-48(63)40-44)56(70)67-15-6-9-46(41-67)65-45-7-4-3-5-8-45)87-17-13-64-58(72)86-37-36-85-35-34-84-33-32-83-31-30-82-29-28-81-27-26-80-25-24-79-23-22-78-21-20-77-19-18-76-16-12-49(69)88-54-50(59)52(61)55(89(73,74)75)53(62)51(54)60/h3-5,7-8,10-11,38-39,46,65H,2,6,9,12-37,40-41H2,1H3,(H2,63,66)(H,64,72)(H,73,74,75)/t46-/m0/s1. The zero-order valence-electron chi connectivity index (χ0n) is 49.7. The van der Waals surface area contributed by atoms with Crippen LogP contribution in [0.5, 0.6) is 5.75 Å². The molecule has 1 atom stereocenters. The minimum atomic E-state index is -5.65. The summed E-state index contributed by atoms with van der Waals surface area (Å²) in [4.78, 5) is 61.5. The van der Waals surface area contributed by atoms with E-state index in [1.807, 2.05) is 42.2 Å². The van der Waals surface area contributed by atoms with Crippen molar-refractivity contribution in [1.82, 2.24) is 15.3 Å². The number of amidine groups is 1. The van der Waals surface area contributed by atoms with Gasteiger partial charge in [-0.2, -0.15) is 17.2 Å². The van der Waals surface area contributed by atoms with E-state index in [0.717, 1.165) is 18.5 Å². The number of hydrogen-bond acceptors (Lipinski definition) is 22. The third-order valence-electron chi connectivity index (χ3n) is 12.6. The second-order valence-electron chi connectivity index (χ2n) is 19.4. The number of hydrogen-bond donors (Lipinski definition) is 4. The predicted octanol–water partition coefficient (Wildman–Crippen LogP) is 5.04. The number of nitrogens with two attached hydrogens (primary N) is 1. The minimum absolute atomic E-state index is 0.000885. The number of halogens is 4. The van der Waals surface area contributed by atoms with Crippen LogP contribution in [0.15, 0.2) is 64.0 Å². The fraction of sp³-hybridized carbons (Fsp3) is 0.569. The van der Waals surface area contributed by atoms with Crippen LogP contribution >= 0.6 is 0 Å². The summed E-state index contributed by atoms with van der Waals surface area (Å²) in [6, 6.07) is 15.3. The zero-order valence-corrected chi connectivity index (χ0v) is 50.6. The first-order chi connectivity index (χ1) is 43.1. The summed E-state index contributed by atoms with van der Waals surface area (Å²) >= 11 is 0. The molecule has 89 heavy (non-hydrogen) atoms. The molecule has 26 nitrogen and oxygen atoms in total. The number of nitrogens with one attached hydrogen (secondary N) is 2. The predicted molar refractivity (Wildman–Crippen MR) is 311 cm³/mol. The van der Waals surface area contributed by atoms with E-state index in [9.17, 15) is 45.2 Å². The van der Waals surface area contributed by atoms with Crippen LogP contribution in [0.1, 0.15) is 54.9 Å². The largest absolute Gasteiger partial charge is 0.447 e. The van der Waals surface area contributed by atoms with Crippen molar-refractivity contribution in [2.24, 2.45) is 10.7 Å². The van der Waals surface area contributed by atoms with Crippen LogP contribution in [0.2, 0.25) is 0 Å². The molecule has 3 aromatic carbocycles. The number of benzene rings is 3. The summed E-state index contributed by atoms with van der Waals surface area (Å²) in [6.07, 6.45) is 2.99. The molecule has 5 rings (SSSR count). The van der Waals surface area contributed by atoms with E-state index >= 15 is 0 Å². The molecule has 496 valence electrons. The highest BCUT2D eigenvalue weighted by Gasteiger charge is 2.34. The van der Waals surface area contributed by atoms with E-state index in [1.165, 1.54) is 5.06 Å². The highest BCUT2D eigenvalue weighted by atomic mass is 32.2. The molecule has 2 aliphatic rings. The highest BCUT2D eigenvalue weighted by Crippen LogP contribution is 2.33. The molecule has 31 heteroatoms. The Morgan fingerprint density at radius 1 is 0.685 bits per heavy atom. The topological polar surface area (TPSA) is 312 Å². The second kappa shape index (κ2) is 41.8. The number of aliphatic imine (C=N–C) groups is 1. The molecule has 0 radical (unpaired) electrons. The fourth-order valence-electron chi connectivity index (χ4n) is 8.34. The van der Waals surface area contributed by atoms with Gasteiger partial charge in [-0.25, -0.2) is 23.6 Å². The molecule has 0 bridgehead atoms. The van der Waals surface area contributed by atoms with E-state index in [2.05, 4.69) is 20.4 Å². The van der Waals surface area contributed by atoms with Crippen LogP contribution in [-0.4, -0.2) is 230 Å². The summed E-state index contributed by atoms with van der Waals surface area (Å²) in [7, 11) is -5.65. The van der Waals surface area contributed by atoms with Gasteiger partial charge in [0, 0.05) is 61.0 Å². The van der Waals surface area contributed by atoms with Crippen LogP contribution < -0.4 is 21.1 Å². The van der Waals surface area contributed by atoms with Crippen LogP contribution in [0.3, 0.4) is 0 Å². The molecule has 0 unspecified atom stereocenters. The van der Waals surface area contributed by atoms with Crippen molar-refractivity contribution in [2.45, 2.75) is 50.0 Å². The van der Waals surface area contributed by atoms with Crippen molar-refractivity contribution < 1.29 is 111 Å². The lowest BCUT2D eigenvalue weighted by molar-refractivity contribution is -0.181. The van der Waals surface area contributed by atoms with Crippen molar-refractivity contribution in [3.63, 3.8) is 0 Å². The van der Waals surface area contributed by atoms with Crippen molar-refractivity contribution in [2.75, 3.05) is 177 Å². The maximum absolute atomic E-state index is 14.0. The molecule has 5 N–H and O–H groups in total. The zero-order chi connectivity index (χ0) is 64.1. The van der Waals surface area contributed by atoms with E-state index in [0.29, 0.717) is 141 Å². The molecule has 1 fully saturated rings. The Bertz CT molecular complexity index is 2800. The van der Waals surface area contributed by atoms with Gasteiger partial charge < -0.3 is 78.1 Å². The Hall–Kier alpha value is -6.46. The molecular weight excluding hydrogens is 1210 g/mol. The Labute approximate surface area is 514 Å². The van der Waals surface area contributed by atoms with Crippen molar-refractivity contribution >= 4 is 57.3 Å². The SMILES string of the molecule is CCCN(OCCNC(=O)OCCOCCOCCOCCOCCOCCOCCOCCOCCOCCOCCC(=O)Oc1c(F)c(F)c(S(=O)(=O)O)c(F)c1F)C(=O)C1=Cc2ccc(C(=O)N3CCC[C@H](Nc4ccccc4)C3)cc2N=C(N)C1. The quantitative estimate of drug-likeness (QED) is 0.0110. The number of para-hydroxylation sites is 1. The Morgan fingerprint density at radius 3 is 1.70 bits per heavy atom. The van der Waals surface area contributed by atoms with Gasteiger partial charge in [0.2, 0.25) is 17.4 Å². The lowest BCUT2D eigenvalue weighted by atomic mass is 10.0. The minimum Gasteiger partial charge on any atom is -0.447 e. The van der Waals surface area contributed by atoms with Crippen LogP contribution in [-0.2, 0) is 76.7 Å². The molecule has 1 saturated heterocycles. The molecule has 3 amide bonds. The number of carbonyl (C=O) groups is 4. The second-order valence-corrected chi connectivity index (χ2v) is 20.7. The molecule has 0 spiro atoms. The number of esters is 1. The van der Waals surface area contributed by atoms with Crippen LogP contribution in [0, 0.1) is 23.3 Å². The first kappa shape index (κ1) is 73.3. The summed E-state index contributed by atoms with van der Waals surface area (Å²) < 4.78 is 150. The van der Waals surface area contributed by atoms with Gasteiger partial charge in [-0.15, -0.1) is 0 Å². The summed E-state index contributed by atoms with van der Waals surface area (Å²) in [6.45, 7) is 8.93. The number of rotatable bonds is 45. The number of hydroxylamine groups is 2. The molecular formula is C58H80F4N6O20S. The Balaban J connectivity index is 0.747. The van der Waals surface area contributed by atoms with Crippen molar-refractivity contribution in [3.05, 3.63) is 88.5 Å². The number of anilines is 1. The Kier molecular flexibility index (Phi) is 34.4. The first-order valence-electron chi connectivity index (χ1n) is 29.0. The number of fused-ring (bicyclic) bond motifs is 1. The number of ether oxygens (including phenoxy) is 12. The van der Waals surface area contributed by atoms with Crippen molar-refractivity contribution in [1.29, 1.82) is 0 Å². The lowest BCUT2D eigenvalue weighted by Gasteiger charge is -2.34. The van der Waals surface area contributed by atoms with Crippen molar-refractivity contribution in [3.8, 4) is 5.75 Å². The molecule has 0 aliphatic carbocycles. The van der Waals surface area contributed by atoms with Gasteiger partial charge in [0.15, 0.2) is 16.5 Å². The van der Waals surface area contributed by atoms with Gasteiger partial charge in [0.1, 0.15) is 12.4 Å². The number of likely N-dealkylation sites (tertiary alicyclic amines) is 1. The third-order valence-corrected chi connectivity index (χ3v) is 13.4. The van der Waals surface area contributed by atoms with Gasteiger partial charge in [0.05, 0.1) is 151 Å². The van der Waals surface area contributed by atoms with Gasteiger partial charge >= 0.3 is 22.2 Å². The third kappa shape index (κ3) is 27.7. The monoisotopic (exact) mass is 1290 g/mol. The number of alkyl carbamates (subject to hydrolysis) is 1. The summed E-state index contributed by atoms with van der Waals surface area (Å²) in [5, 5.41) is 7.38. The summed E-state index contributed by atoms with van der Waals surface area (Å²) in [5.74, 6) is -13.0. The van der Waals surface area contributed by atoms with Gasteiger partial charge in [-0.05, 0) is 49.6 Å². The first-order valence-corrected chi connectivity index (χ1v) is 30.5. The number of nitrogens with zero attached hydrogens (tertiary/aromatic N) is 3. The molecule has 2 aliphatic heterocycles. The van der Waals surface area contributed by atoms with Gasteiger partial charge in [-0.3, -0.25) is 23.8 Å². The highest BCUT2D eigenvalue weighted by molar-refractivity contribution is 7.85. The van der Waals surface area contributed by atoms with Gasteiger partial charge in [-0.1, -0.05) is 31.2 Å². The lowest BCUT2D eigenvalue weighted by Crippen LogP contribution is -2.45. The van der Waals surface area contributed by atoms with Gasteiger partial charge in [0.25, 0.3) is 11.8 Å². The average Bonchev–Trinajstić information content (AvgIpc) is 1.11. The smallest absolute Gasteiger partial charge is 0.407 e. The molecule has 3 aromatic rings. The van der Waals surface area contributed by atoms with E-state index in [4.69, 9.17) is 67.2 Å². The molecule has 2 heterocycles. The maximum atomic E-state index is 14.0. The van der Waals surface area contributed by atoms with Crippen LogP contribution in [0.4, 0.5) is 33.7 Å².